The van der Waals surface area contributed by atoms with Crippen molar-refractivity contribution in [3.8, 4) is 11.5 Å². The van der Waals surface area contributed by atoms with E-state index < -0.39 is 0 Å². The molecule has 128 valence electrons. The van der Waals surface area contributed by atoms with Gasteiger partial charge in [-0.05, 0) is 53.9 Å². The second-order valence-corrected chi connectivity index (χ2v) is 7.39. The van der Waals surface area contributed by atoms with Crippen LogP contribution in [0.25, 0.3) is 0 Å². The first-order chi connectivity index (χ1) is 12.1. The van der Waals surface area contributed by atoms with Crippen molar-refractivity contribution in [2.24, 2.45) is 34.2 Å². The second kappa shape index (κ2) is 4.71. The molecule has 0 unspecified atom stereocenters. The number of allylic oxidation sites excluding steroid dienone is 2. The first kappa shape index (κ1) is 14.7. The van der Waals surface area contributed by atoms with E-state index in [4.69, 9.17) is 4.74 Å². The van der Waals surface area contributed by atoms with Crippen LogP contribution in [0.15, 0.2) is 35.5 Å². The summed E-state index contributed by atoms with van der Waals surface area (Å²) in [6.07, 6.45) is 7.99. The third-order valence-electron chi connectivity index (χ3n) is 6.36. The number of hydrazone groups is 1. The molecule has 1 aromatic carbocycles. The van der Waals surface area contributed by atoms with Gasteiger partial charge in [-0.2, -0.15) is 10.1 Å². The summed E-state index contributed by atoms with van der Waals surface area (Å²) in [5, 5.41) is 14.8. The number of hydrogen-bond donors (Lipinski definition) is 1. The first-order valence-corrected chi connectivity index (χ1v) is 8.54. The fraction of sp³-hybridized carbons (Fsp3) is 0.421. The number of carbonyl (C=O) groups excluding carboxylic acids is 2. The average Bonchev–Trinajstić information content (AvgIpc) is 3.21. The Morgan fingerprint density at radius 2 is 1.84 bits per heavy atom. The van der Waals surface area contributed by atoms with Crippen LogP contribution in [-0.2, 0) is 9.59 Å². The van der Waals surface area contributed by atoms with E-state index in [1.54, 1.807) is 12.1 Å². The molecular weight excluding hydrogens is 320 g/mol. The van der Waals surface area contributed by atoms with E-state index in [1.165, 1.54) is 19.4 Å². The number of amides is 2. The van der Waals surface area contributed by atoms with E-state index in [9.17, 15) is 14.7 Å². The highest BCUT2D eigenvalue weighted by Gasteiger charge is 2.73. The lowest BCUT2D eigenvalue weighted by atomic mass is 9.85. The number of imide groups is 1. The molecule has 1 aliphatic heterocycles. The molecule has 4 atom stereocenters. The van der Waals surface area contributed by atoms with Crippen molar-refractivity contribution in [1.82, 2.24) is 5.01 Å². The molecular formula is C19H18N2O4. The molecule has 4 aliphatic rings. The van der Waals surface area contributed by atoms with Crippen LogP contribution in [0.4, 0.5) is 0 Å². The normalized spacial score (nSPS) is 33.7. The third-order valence-corrected chi connectivity index (χ3v) is 6.36. The molecule has 1 saturated heterocycles. The minimum Gasteiger partial charge on any atom is -0.504 e. The Bertz CT molecular complexity index is 821. The summed E-state index contributed by atoms with van der Waals surface area (Å²) in [7, 11) is 1.46. The van der Waals surface area contributed by atoms with Gasteiger partial charge in [-0.15, -0.1) is 0 Å². The van der Waals surface area contributed by atoms with Crippen molar-refractivity contribution >= 4 is 18.0 Å². The number of carbonyl (C=O) groups is 2. The van der Waals surface area contributed by atoms with Crippen LogP contribution in [0, 0.1) is 29.1 Å². The van der Waals surface area contributed by atoms with E-state index in [0.717, 1.165) is 17.9 Å². The number of fused-ring (bicyclic) bond motifs is 3. The number of methoxy groups -OCH3 is 1. The summed E-state index contributed by atoms with van der Waals surface area (Å²) in [6.45, 7) is 0. The fourth-order valence-corrected chi connectivity index (χ4v) is 5.08. The smallest absolute Gasteiger partial charge is 0.254 e. The van der Waals surface area contributed by atoms with Gasteiger partial charge in [-0.3, -0.25) is 9.59 Å². The Morgan fingerprint density at radius 3 is 2.40 bits per heavy atom. The molecule has 6 nitrogen and oxygen atoms in total. The predicted octanol–water partition coefficient (Wildman–Crippen LogP) is 1.93. The van der Waals surface area contributed by atoms with Crippen LogP contribution in [0.2, 0.25) is 0 Å². The number of aromatic hydroxyl groups is 1. The SMILES string of the molecule is COc1cc(/C=N\N2C(=O)[C@@H]3[C@H](C2=O)[C@H]2C=C[C@H]3C23CC3)ccc1O. The van der Waals surface area contributed by atoms with Gasteiger partial charge in [0.05, 0.1) is 25.2 Å². The Hall–Kier alpha value is -2.63. The van der Waals surface area contributed by atoms with Gasteiger partial charge in [0.1, 0.15) is 0 Å². The fourth-order valence-electron chi connectivity index (χ4n) is 5.08. The average molecular weight is 338 g/mol. The Balaban J connectivity index is 1.42. The molecule has 2 saturated carbocycles. The molecule has 1 spiro atoms. The number of benzene rings is 1. The summed E-state index contributed by atoms with van der Waals surface area (Å²) in [4.78, 5) is 25.6. The molecule has 6 heteroatoms. The van der Waals surface area contributed by atoms with Gasteiger partial charge in [0.25, 0.3) is 11.8 Å². The molecule has 0 aromatic heterocycles. The van der Waals surface area contributed by atoms with Crippen LogP contribution in [0.1, 0.15) is 18.4 Å². The lowest BCUT2D eigenvalue weighted by Gasteiger charge is -2.18. The Kier molecular flexibility index (Phi) is 2.77. The van der Waals surface area contributed by atoms with Gasteiger partial charge in [0.15, 0.2) is 11.5 Å². The van der Waals surface area contributed by atoms with E-state index in [0.29, 0.717) is 11.3 Å². The van der Waals surface area contributed by atoms with Crippen LogP contribution in [0.5, 0.6) is 11.5 Å². The second-order valence-electron chi connectivity index (χ2n) is 7.39. The lowest BCUT2D eigenvalue weighted by molar-refractivity contribution is -0.141. The summed E-state index contributed by atoms with van der Waals surface area (Å²) >= 11 is 0. The van der Waals surface area contributed by atoms with Crippen molar-refractivity contribution in [3.05, 3.63) is 35.9 Å². The highest BCUT2D eigenvalue weighted by atomic mass is 16.5. The van der Waals surface area contributed by atoms with Gasteiger partial charge in [0.2, 0.25) is 0 Å². The van der Waals surface area contributed by atoms with E-state index in [2.05, 4.69) is 17.3 Å². The zero-order chi connectivity index (χ0) is 17.3. The van der Waals surface area contributed by atoms with Crippen LogP contribution in [0.3, 0.4) is 0 Å². The van der Waals surface area contributed by atoms with Gasteiger partial charge >= 0.3 is 0 Å². The molecule has 1 aromatic rings. The zero-order valence-electron chi connectivity index (χ0n) is 13.8. The molecule has 25 heavy (non-hydrogen) atoms. The number of phenols is 1. The monoisotopic (exact) mass is 338 g/mol. The maximum absolute atomic E-state index is 12.8. The summed E-state index contributed by atoms with van der Waals surface area (Å²) in [6, 6.07) is 4.75. The molecule has 5 rings (SSSR count). The van der Waals surface area contributed by atoms with E-state index in [1.807, 2.05) is 0 Å². The quantitative estimate of drug-likeness (QED) is 0.519. The zero-order valence-corrected chi connectivity index (χ0v) is 13.8. The topological polar surface area (TPSA) is 79.2 Å². The Labute approximate surface area is 144 Å². The van der Waals surface area contributed by atoms with Crippen LogP contribution in [-0.4, -0.2) is 35.3 Å². The van der Waals surface area contributed by atoms with Gasteiger partial charge < -0.3 is 9.84 Å². The van der Waals surface area contributed by atoms with Crippen molar-refractivity contribution in [3.63, 3.8) is 0 Å². The highest BCUT2D eigenvalue weighted by molar-refractivity contribution is 6.07. The summed E-state index contributed by atoms with van der Waals surface area (Å²) < 4.78 is 5.06. The van der Waals surface area contributed by atoms with Crippen LogP contribution >= 0.6 is 0 Å². The number of nitrogens with zero attached hydrogens (tertiary/aromatic N) is 2. The molecule has 3 aliphatic carbocycles. The molecule has 2 amide bonds. The largest absolute Gasteiger partial charge is 0.504 e. The standard InChI is InChI=1S/C19H18N2O4/c1-25-14-8-10(2-5-13(14)22)9-20-21-17(23)15-11-3-4-12(16(15)18(21)24)19(11)6-7-19/h2-5,8-9,11-12,15-16,22H,6-7H2,1H3/b20-9-/t11-,12-,15-,16+/m1/s1. The molecule has 2 bridgehead atoms. The minimum absolute atomic E-state index is 0.0277. The van der Waals surface area contributed by atoms with Gasteiger partial charge in [0, 0.05) is 0 Å². The van der Waals surface area contributed by atoms with Crippen molar-refractivity contribution in [1.29, 1.82) is 0 Å². The van der Waals surface area contributed by atoms with Gasteiger partial charge in [-0.25, -0.2) is 0 Å². The maximum atomic E-state index is 12.8. The highest BCUT2D eigenvalue weighted by Crippen LogP contribution is 2.73. The first-order valence-electron chi connectivity index (χ1n) is 8.54. The predicted molar refractivity (Wildman–Crippen MR) is 88.9 cm³/mol. The number of hydrogen-bond acceptors (Lipinski definition) is 5. The Morgan fingerprint density at radius 1 is 1.20 bits per heavy atom. The number of phenolic OH excluding ortho intramolecular Hbond substituents is 1. The molecule has 0 radical (unpaired) electrons. The minimum atomic E-state index is -0.239. The lowest BCUT2D eigenvalue weighted by Crippen LogP contribution is -2.30. The van der Waals surface area contributed by atoms with Crippen molar-refractivity contribution < 1.29 is 19.4 Å². The summed E-state index contributed by atoms with van der Waals surface area (Å²) in [5.74, 6) is -0.0909. The van der Waals surface area contributed by atoms with Crippen molar-refractivity contribution in [2.75, 3.05) is 7.11 Å². The van der Waals surface area contributed by atoms with Crippen LogP contribution < -0.4 is 4.74 Å². The molecule has 3 fully saturated rings. The van der Waals surface area contributed by atoms with E-state index >= 15 is 0 Å². The number of ether oxygens (including phenoxy) is 1. The molecule has 1 N–H and O–H groups in total. The summed E-state index contributed by atoms with van der Waals surface area (Å²) in [5.41, 5.74) is 0.841. The van der Waals surface area contributed by atoms with Gasteiger partial charge in [-0.1, -0.05) is 12.2 Å². The molecule has 1 heterocycles. The van der Waals surface area contributed by atoms with Crippen molar-refractivity contribution in [2.45, 2.75) is 12.8 Å². The maximum Gasteiger partial charge on any atom is 0.254 e. The number of rotatable bonds is 3. The van der Waals surface area contributed by atoms with E-state index in [-0.39, 0.29) is 46.7 Å². The third kappa shape index (κ3) is 1.77.